The van der Waals surface area contributed by atoms with Crippen molar-refractivity contribution in [1.29, 1.82) is 0 Å². The average Bonchev–Trinajstić information content (AvgIpc) is 2.62. The Balaban J connectivity index is 0.00000169. The lowest BCUT2D eigenvalue weighted by atomic mass is 9.96. The summed E-state index contributed by atoms with van der Waals surface area (Å²) >= 11 is 0. The van der Waals surface area contributed by atoms with Gasteiger partial charge >= 0.3 is 6.61 Å². The average molecular weight is 405 g/mol. The van der Waals surface area contributed by atoms with Crippen molar-refractivity contribution in [1.82, 2.24) is 10.2 Å². The summed E-state index contributed by atoms with van der Waals surface area (Å²) in [4.78, 5) is 2.41. The van der Waals surface area contributed by atoms with Gasteiger partial charge in [-0.25, -0.2) is 0 Å². The molecule has 2 aromatic carbocycles. The molecule has 7 heteroatoms. The molecule has 0 bridgehead atoms. The SMILES string of the molecule is Cl.Cl.FC(F)Oc1ccccc1CC(c1ccccc1)N1CCNCC1. The number of rotatable bonds is 6. The first-order valence-corrected chi connectivity index (χ1v) is 8.26. The molecule has 1 N–H and O–H groups in total. The van der Waals surface area contributed by atoms with E-state index in [-0.39, 0.29) is 36.6 Å². The maximum absolute atomic E-state index is 12.7. The van der Waals surface area contributed by atoms with Crippen molar-refractivity contribution < 1.29 is 13.5 Å². The molecule has 0 spiro atoms. The Morgan fingerprint density at radius 1 is 0.923 bits per heavy atom. The quantitative estimate of drug-likeness (QED) is 0.775. The van der Waals surface area contributed by atoms with Gasteiger partial charge in [-0.2, -0.15) is 8.78 Å². The third kappa shape index (κ3) is 6.09. The van der Waals surface area contributed by atoms with Gasteiger partial charge in [-0.05, 0) is 23.6 Å². The second-order valence-corrected chi connectivity index (χ2v) is 5.90. The van der Waals surface area contributed by atoms with Gasteiger partial charge in [0, 0.05) is 32.2 Å². The largest absolute Gasteiger partial charge is 0.435 e. The third-order valence-corrected chi connectivity index (χ3v) is 4.38. The highest BCUT2D eigenvalue weighted by Gasteiger charge is 2.24. The van der Waals surface area contributed by atoms with Crippen LogP contribution in [0.1, 0.15) is 17.2 Å². The maximum atomic E-state index is 12.7. The minimum atomic E-state index is -2.81. The molecule has 3 nitrogen and oxygen atoms in total. The van der Waals surface area contributed by atoms with Crippen molar-refractivity contribution in [3.63, 3.8) is 0 Å². The highest BCUT2D eigenvalue weighted by atomic mass is 35.5. The van der Waals surface area contributed by atoms with E-state index in [1.165, 1.54) is 5.56 Å². The molecule has 0 amide bonds. The first kappa shape index (κ1) is 22.6. The summed E-state index contributed by atoms with van der Waals surface area (Å²) in [6.07, 6.45) is 0.646. The molecule has 3 rings (SSSR count). The molecule has 0 saturated carbocycles. The van der Waals surface area contributed by atoms with Gasteiger partial charge in [-0.1, -0.05) is 48.5 Å². The van der Waals surface area contributed by atoms with Gasteiger partial charge in [0.2, 0.25) is 0 Å². The van der Waals surface area contributed by atoms with E-state index in [2.05, 4.69) is 22.3 Å². The highest BCUT2D eigenvalue weighted by molar-refractivity contribution is 5.85. The first-order chi connectivity index (χ1) is 11.7. The molecular formula is C19H24Cl2F2N2O. The van der Waals surface area contributed by atoms with Gasteiger partial charge in [0.15, 0.2) is 0 Å². The van der Waals surface area contributed by atoms with E-state index in [1.807, 2.05) is 30.3 Å². The van der Waals surface area contributed by atoms with Gasteiger partial charge in [0.25, 0.3) is 0 Å². The van der Waals surface area contributed by atoms with E-state index in [4.69, 9.17) is 4.74 Å². The summed E-state index contributed by atoms with van der Waals surface area (Å²) < 4.78 is 30.1. The van der Waals surface area contributed by atoms with Crippen molar-refractivity contribution in [2.45, 2.75) is 19.1 Å². The molecule has 1 aliphatic rings. The molecule has 1 saturated heterocycles. The Morgan fingerprint density at radius 2 is 1.54 bits per heavy atom. The van der Waals surface area contributed by atoms with Crippen LogP contribution in [0.4, 0.5) is 8.78 Å². The highest BCUT2D eigenvalue weighted by Crippen LogP contribution is 2.30. The van der Waals surface area contributed by atoms with Gasteiger partial charge in [-0.15, -0.1) is 24.8 Å². The molecule has 1 aliphatic heterocycles. The fourth-order valence-electron chi connectivity index (χ4n) is 3.22. The number of piperazine rings is 1. The van der Waals surface area contributed by atoms with Gasteiger partial charge in [-0.3, -0.25) is 4.90 Å². The summed E-state index contributed by atoms with van der Waals surface area (Å²) in [5.41, 5.74) is 2.01. The first-order valence-electron chi connectivity index (χ1n) is 8.26. The maximum Gasteiger partial charge on any atom is 0.387 e. The second kappa shape index (κ2) is 11.3. The topological polar surface area (TPSA) is 24.5 Å². The third-order valence-electron chi connectivity index (χ3n) is 4.38. The van der Waals surface area contributed by atoms with Crippen LogP contribution in [0.2, 0.25) is 0 Å². The number of hydrogen-bond donors (Lipinski definition) is 1. The minimum absolute atomic E-state index is 0. The number of para-hydroxylation sites is 1. The smallest absolute Gasteiger partial charge is 0.387 e. The summed E-state index contributed by atoms with van der Waals surface area (Å²) in [5, 5.41) is 3.36. The Kier molecular flexibility index (Phi) is 9.88. The van der Waals surface area contributed by atoms with Crippen LogP contribution in [0, 0.1) is 0 Å². The molecule has 144 valence electrons. The lowest BCUT2D eigenvalue weighted by Crippen LogP contribution is -2.45. The summed E-state index contributed by atoms with van der Waals surface area (Å²) in [6.45, 7) is 0.965. The number of nitrogens with zero attached hydrogens (tertiary/aromatic N) is 1. The van der Waals surface area contributed by atoms with Crippen LogP contribution in [-0.2, 0) is 6.42 Å². The number of ether oxygens (including phenoxy) is 1. The van der Waals surface area contributed by atoms with Gasteiger partial charge < -0.3 is 10.1 Å². The Bertz CT molecular complexity index is 640. The number of hydrogen-bond acceptors (Lipinski definition) is 3. The number of alkyl halides is 2. The molecule has 1 heterocycles. The lowest BCUT2D eigenvalue weighted by molar-refractivity contribution is -0.0506. The molecule has 0 radical (unpaired) electrons. The van der Waals surface area contributed by atoms with Crippen LogP contribution in [0.15, 0.2) is 54.6 Å². The zero-order chi connectivity index (χ0) is 16.8. The van der Waals surface area contributed by atoms with Crippen LogP contribution >= 0.6 is 24.8 Å². The molecule has 1 fully saturated rings. The zero-order valence-electron chi connectivity index (χ0n) is 14.3. The summed E-state index contributed by atoms with van der Waals surface area (Å²) in [5.74, 6) is 0.267. The number of benzene rings is 2. The van der Waals surface area contributed by atoms with Crippen molar-refractivity contribution >= 4 is 24.8 Å². The van der Waals surface area contributed by atoms with Crippen LogP contribution in [0.25, 0.3) is 0 Å². The van der Waals surface area contributed by atoms with E-state index in [9.17, 15) is 8.78 Å². The van der Waals surface area contributed by atoms with Crippen molar-refractivity contribution in [2.75, 3.05) is 26.2 Å². The predicted octanol–water partition coefficient (Wildman–Crippen LogP) is 4.32. The van der Waals surface area contributed by atoms with E-state index in [1.54, 1.807) is 12.1 Å². The minimum Gasteiger partial charge on any atom is -0.435 e. The summed E-state index contributed by atoms with van der Waals surface area (Å²) in [7, 11) is 0. The molecular weight excluding hydrogens is 381 g/mol. The molecule has 0 aromatic heterocycles. The monoisotopic (exact) mass is 404 g/mol. The van der Waals surface area contributed by atoms with Gasteiger partial charge in [0.1, 0.15) is 5.75 Å². The Labute approximate surface area is 165 Å². The van der Waals surface area contributed by atoms with Gasteiger partial charge in [0.05, 0.1) is 0 Å². The van der Waals surface area contributed by atoms with E-state index < -0.39 is 6.61 Å². The Hall–Kier alpha value is -1.40. The number of nitrogens with one attached hydrogen (secondary N) is 1. The molecule has 2 aromatic rings. The van der Waals surface area contributed by atoms with Crippen molar-refractivity contribution in [3.8, 4) is 5.75 Å². The zero-order valence-corrected chi connectivity index (χ0v) is 15.9. The van der Waals surface area contributed by atoms with Crippen LogP contribution < -0.4 is 10.1 Å². The van der Waals surface area contributed by atoms with Crippen LogP contribution in [0.5, 0.6) is 5.75 Å². The normalized spacial score (nSPS) is 15.7. The molecule has 0 aliphatic carbocycles. The van der Waals surface area contributed by atoms with Crippen molar-refractivity contribution in [3.05, 3.63) is 65.7 Å². The molecule has 26 heavy (non-hydrogen) atoms. The summed E-state index contributed by atoms with van der Waals surface area (Å²) in [6, 6.07) is 17.5. The number of halogens is 4. The predicted molar refractivity (Wildman–Crippen MR) is 105 cm³/mol. The lowest BCUT2D eigenvalue weighted by Gasteiger charge is -2.35. The van der Waals surface area contributed by atoms with Crippen LogP contribution in [-0.4, -0.2) is 37.7 Å². The Morgan fingerprint density at radius 3 is 2.19 bits per heavy atom. The van der Waals surface area contributed by atoms with E-state index >= 15 is 0 Å². The van der Waals surface area contributed by atoms with E-state index in [0.29, 0.717) is 6.42 Å². The standard InChI is InChI=1S/C19H22F2N2O.2ClH/c20-19(21)24-18-9-5-4-8-16(18)14-17(15-6-2-1-3-7-15)23-12-10-22-11-13-23;;/h1-9,17,19,22H,10-14H2;2*1H. The fraction of sp³-hybridized carbons (Fsp3) is 0.368. The fourth-order valence-corrected chi connectivity index (χ4v) is 3.22. The second-order valence-electron chi connectivity index (χ2n) is 5.90. The van der Waals surface area contributed by atoms with Crippen LogP contribution in [0.3, 0.4) is 0 Å². The molecule has 1 atom stereocenters. The molecule has 1 unspecified atom stereocenters. The van der Waals surface area contributed by atoms with E-state index in [0.717, 1.165) is 31.7 Å². The van der Waals surface area contributed by atoms with Crippen molar-refractivity contribution in [2.24, 2.45) is 0 Å².